The highest BCUT2D eigenvalue weighted by Crippen LogP contribution is 2.49. The van der Waals surface area contributed by atoms with Gasteiger partial charge < -0.3 is 8.83 Å². The van der Waals surface area contributed by atoms with Crippen molar-refractivity contribution in [3.8, 4) is 0 Å². The highest BCUT2D eigenvalue weighted by atomic mass is 16.5. The van der Waals surface area contributed by atoms with Crippen molar-refractivity contribution in [2.75, 3.05) is 0 Å². The van der Waals surface area contributed by atoms with Crippen LogP contribution in [0, 0.1) is 10.8 Å². The molecule has 0 aromatic carbocycles. The molecule has 1 saturated carbocycles. The van der Waals surface area contributed by atoms with Gasteiger partial charge in [-0.1, -0.05) is 0 Å². The molecule has 2 N–H and O–H groups in total. The van der Waals surface area contributed by atoms with Gasteiger partial charge in [-0.25, -0.2) is 4.79 Å². The lowest BCUT2D eigenvalue weighted by molar-refractivity contribution is 0.291. The molecule has 2 aliphatic carbocycles. The molecule has 1 fully saturated rings. The molecule has 0 spiro atoms. The van der Waals surface area contributed by atoms with Crippen LogP contribution in [0.3, 0.4) is 0 Å². The van der Waals surface area contributed by atoms with Crippen molar-refractivity contribution in [2.24, 2.45) is 0 Å². The molecule has 78 valence electrons. The fraction of sp³-hybridized carbons (Fsp3) is 0.500. The van der Waals surface area contributed by atoms with Crippen molar-refractivity contribution in [3.63, 3.8) is 0 Å². The van der Waals surface area contributed by atoms with Crippen molar-refractivity contribution in [3.05, 3.63) is 32.9 Å². The molecule has 0 radical (unpaired) electrons. The van der Waals surface area contributed by atoms with Gasteiger partial charge in [0.2, 0.25) is 11.1 Å². The largest absolute Gasteiger partial charge is 0.522 e. The number of rotatable bonds is 0. The fourth-order valence-corrected chi connectivity index (χ4v) is 2.86. The van der Waals surface area contributed by atoms with Crippen molar-refractivity contribution in [1.82, 2.24) is 0 Å². The Labute approximate surface area is 84.4 Å². The molecule has 2 aliphatic rings. The van der Waals surface area contributed by atoms with Gasteiger partial charge in [-0.15, -0.1) is 0 Å². The first-order chi connectivity index (χ1) is 7.16. The zero-order chi connectivity index (χ0) is 10.6. The topological polar surface area (TPSA) is 91.1 Å². The first kappa shape index (κ1) is 8.64. The normalized spacial score (nSPS) is 26.7. The fourth-order valence-electron chi connectivity index (χ4n) is 2.86. The van der Waals surface area contributed by atoms with Crippen LogP contribution in [0.5, 0.6) is 0 Å². The van der Waals surface area contributed by atoms with Gasteiger partial charge in [0.25, 0.3) is 0 Å². The average molecular weight is 206 g/mol. The van der Waals surface area contributed by atoms with Crippen molar-refractivity contribution < 1.29 is 8.83 Å². The van der Waals surface area contributed by atoms with Crippen LogP contribution in [0.2, 0.25) is 0 Å². The molecule has 5 heteroatoms. The first-order valence-corrected chi connectivity index (χ1v) is 4.98. The van der Waals surface area contributed by atoms with Crippen LogP contribution in [0.25, 0.3) is 0 Å². The number of fused-ring (bicyclic) bond motifs is 5. The molecule has 5 nitrogen and oxygen atoms in total. The predicted molar refractivity (Wildman–Crippen MR) is 48.3 cm³/mol. The molecular weight excluding hydrogens is 196 g/mol. The highest BCUT2D eigenvalue weighted by molar-refractivity contribution is 5.35. The van der Waals surface area contributed by atoms with Crippen LogP contribution in [0.1, 0.15) is 42.2 Å². The second kappa shape index (κ2) is 2.68. The van der Waals surface area contributed by atoms with Gasteiger partial charge in [0.05, 0.1) is 0 Å². The van der Waals surface area contributed by atoms with Gasteiger partial charge in [-0.05, 0) is 31.1 Å². The standard InChI is InChI=1S/C10H10N2O3/c11-8-6-4-1-2-5(3-4)7(6)9(12)15-10(13)14-8/h4-5,11-12H,1-3H2. The molecule has 2 unspecified atom stereocenters. The summed E-state index contributed by atoms with van der Waals surface area (Å²) in [7, 11) is 0. The summed E-state index contributed by atoms with van der Waals surface area (Å²) in [5, 5.41) is 15.3. The Kier molecular flexibility index (Phi) is 1.55. The van der Waals surface area contributed by atoms with E-state index in [0.717, 1.165) is 30.4 Å². The van der Waals surface area contributed by atoms with Crippen LogP contribution >= 0.6 is 0 Å². The lowest BCUT2D eigenvalue weighted by atomic mass is 9.95. The number of nitrogens with one attached hydrogen (secondary N) is 2. The van der Waals surface area contributed by atoms with Gasteiger partial charge >= 0.3 is 5.82 Å². The quantitative estimate of drug-likeness (QED) is 0.649. The van der Waals surface area contributed by atoms with Crippen molar-refractivity contribution in [1.29, 1.82) is 10.8 Å². The Morgan fingerprint density at radius 1 is 1.00 bits per heavy atom. The van der Waals surface area contributed by atoms with E-state index in [4.69, 9.17) is 10.8 Å². The smallest absolute Gasteiger partial charge is 0.376 e. The average Bonchev–Trinajstić information content (AvgIpc) is 2.72. The minimum absolute atomic E-state index is 0.121. The Bertz CT molecular complexity index is 549. The van der Waals surface area contributed by atoms with Gasteiger partial charge in [0.15, 0.2) is 0 Å². The summed E-state index contributed by atoms with van der Waals surface area (Å²) in [5.74, 6) is -0.390. The summed E-state index contributed by atoms with van der Waals surface area (Å²) in [6.07, 6.45) is 3.02. The Hall–Kier alpha value is -1.65. The van der Waals surface area contributed by atoms with Crippen LogP contribution in [-0.4, -0.2) is 0 Å². The van der Waals surface area contributed by atoms with E-state index in [1.54, 1.807) is 0 Å². The third kappa shape index (κ3) is 1.06. The van der Waals surface area contributed by atoms with Gasteiger partial charge in [-0.2, -0.15) is 0 Å². The zero-order valence-electron chi connectivity index (χ0n) is 8.00. The Balaban J connectivity index is 2.51. The summed E-state index contributed by atoms with van der Waals surface area (Å²) in [6.45, 7) is 0. The lowest BCUT2D eigenvalue weighted by Crippen LogP contribution is -2.15. The van der Waals surface area contributed by atoms with E-state index in [1.165, 1.54) is 0 Å². The Morgan fingerprint density at radius 3 is 1.93 bits per heavy atom. The van der Waals surface area contributed by atoms with Gasteiger partial charge in [-0.3, -0.25) is 10.8 Å². The third-order valence-electron chi connectivity index (χ3n) is 3.40. The van der Waals surface area contributed by atoms with E-state index < -0.39 is 5.82 Å². The van der Waals surface area contributed by atoms with E-state index >= 15 is 0 Å². The highest BCUT2D eigenvalue weighted by Gasteiger charge is 2.40. The van der Waals surface area contributed by atoms with Crippen LogP contribution in [0.4, 0.5) is 0 Å². The van der Waals surface area contributed by atoms with Gasteiger partial charge in [0.1, 0.15) is 0 Å². The molecule has 3 rings (SSSR count). The van der Waals surface area contributed by atoms with Crippen LogP contribution < -0.4 is 16.9 Å². The van der Waals surface area contributed by atoms with Gasteiger partial charge in [0, 0.05) is 11.1 Å². The first-order valence-electron chi connectivity index (χ1n) is 4.98. The summed E-state index contributed by atoms with van der Waals surface area (Å²) >= 11 is 0. The SMILES string of the molecule is N=c1oc(=O)oc(=N)c2c1C1CCC2C1. The summed E-state index contributed by atoms with van der Waals surface area (Å²) in [6, 6.07) is 0. The van der Waals surface area contributed by atoms with E-state index in [1.807, 2.05) is 0 Å². The monoisotopic (exact) mass is 206 g/mol. The summed E-state index contributed by atoms with van der Waals surface area (Å²) < 4.78 is 9.34. The molecule has 1 aromatic rings. The maximum atomic E-state index is 11.0. The predicted octanol–water partition coefficient (Wildman–Crippen LogP) is 0.556. The minimum Gasteiger partial charge on any atom is -0.376 e. The number of hydrogen-bond donors (Lipinski definition) is 2. The maximum absolute atomic E-state index is 11.0. The van der Waals surface area contributed by atoms with Crippen molar-refractivity contribution in [2.45, 2.75) is 31.1 Å². The van der Waals surface area contributed by atoms with Crippen LogP contribution in [0.15, 0.2) is 13.6 Å². The molecule has 0 amide bonds. The molecule has 2 atom stereocenters. The minimum atomic E-state index is -0.959. The second-order valence-electron chi connectivity index (χ2n) is 4.15. The second-order valence-corrected chi connectivity index (χ2v) is 4.15. The van der Waals surface area contributed by atoms with E-state index in [2.05, 4.69) is 8.83 Å². The molecule has 0 aliphatic heterocycles. The van der Waals surface area contributed by atoms with E-state index in [-0.39, 0.29) is 22.9 Å². The Morgan fingerprint density at radius 2 is 1.47 bits per heavy atom. The van der Waals surface area contributed by atoms with E-state index in [9.17, 15) is 4.79 Å². The molecule has 15 heavy (non-hydrogen) atoms. The number of hydrogen-bond acceptors (Lipinski definition) is 5. The summed E-state index contributed by atoms with van der Waals surface area (Å²) in [4.78, 5) is 11.0. The lowest BCUT2D eigenvalue weighted by Gasteiger charge is -2.09. The van der Waals surface area contributed by atoms with Crippen molar-refractivity contribution >= 4 is 0 Å². The molecule has 1 heterocycles. The van der Waals surface area contributed by atoms with Crippen LogP contribution in [-0.2, 0) is 0 Å². The third-order valence-corrected chi connectivity index (χ3v) is 3.40. The molecule has 1 aromatic heterocycles. The maximum Gasteiger partial charge on any atom is 0.522 e. The molecular formula is C10H10N2O3. The van der Waals surface area contributed by atoms with E-state index in [0.29, 0.717) is 0 Å². The summed E-state index contributed by atoms with van der Waals surface area (Å²) in [5.41, 5.74) is 1.21. The molecule has 2 bridgehead atoms. The molecule has 0 saturated heterocycles. The zero-order valence-corrected chi connectivity index (χ0v) is 8.00.